The smallest absolute Gasteiger partial charge is 0.308 e. The number of piperidine rings is 1. The van der Waals surface area contributed by atoms with E-state index in [2.05, 4.69) is 18.7 Å². The maximum Gasteiger partial charge on any atom is 0.308 e. The molecule has 8 rings (SSSR count). The Balaban J connectivity index is 0.00000110. The van der Waals surface area contributed by atoms with Gasteiger partial charge in [0.25, 0.3) is 5.91 Å². The number of aromatic nitrogens is 3. The van der Waals surface area contributed by atoms with Gasteiger partial charge in [-0.3, -0.25) is 9.59 Å². The van der Waals surface area contributed by atoms with Crippen molar-refractivity contribution in [3.05, 3.63) is 101 Å². The van der Waals surface area contributed by atoms with Crippen LogP contribution in [0, 0.1) is 12.7 Å². The number of carbonyl (C=O) groups excluding carboxylic acids is 1. The summed E-state index contributed by atoms with van der Waals surface area (Å²) in [5.41, 5.74) is 5.88. The molecule has 5 heterocycles. The van der Waals surface area contributed by atoms with Crippen LogP contribution in [-0.2, 0) is 22.4 Å². The SMILES string of the molecule is CC(C)(C)O.Cc1nc2cc3nn2c(c1CC(=O)O)N1CCC(C)(CC1)OCCCCC(C)Oc1ccc(C(=O)N(C)CCc2ccc(F)cc2)cc1-c1cccc-3c1. The van der Waals surface area contributed by atoms with Crippen molar-refractivity contribution in [2.45, 2.75) is 104 Å². The van der Waals surface area contributed by atoms with Crippen LogP contribution in [0.25, 0.3) is 28.0 Å². The number of aliphatic carboxylic acids is 1. The highest BCUT2D eigenvalue weighted by atomic mass is 19.1. The molecule has 11 nitrogen and oxygen atoms in total. The van der Waals surface area contributed by atoms with Crippen LogP contribution in [0.1, 0.15) is 93.9 Å². The van der Waals surface area contributed by atoms with Crippen molar-refractivity contribution in [3.8, 4) is 28.1 Å². The van der Waals surface area contributed by atoms with Gasteiger partial charge in [-0.15, -0.1) is 0 Å². The van der Waals surface area contributed by atoms with E-state index in [1.165, 1.54) is 12.1 Å². The highest BCUT2D eigenvalue weighted by molar-refractivity contribution is 5.96. The van der Waals surface area contributed by atoms with Crippen LogP contribution in [0.4, 0.5) is 10.2 Å². The summed E-state index contributed by atoms with van der Waals surface area (Å²) in [6.45, 7) is 13.9. The third kappa shape index (κ3) is 11.2. The molecule has 1 saturated heterocycles. The van der Waals surface area contributed by atoms with Gasteiger partial charge >= 0.3 is 5.97 Å². The molecule has 1 atom stereocenters. The zero-order valence-corrected chi connectivity index (χ0v) is 35.4. The maximum atomic E-state index is 13.8. The first-order valence-electron chi connectivity index (χ1n) is 20.6. The van der Waals surface area contributed by atoms with Crippen molar-refractivity contribution in [1.82, 2.24) is 19.5 Å². The molecular weight excluding hydrogens is 750 g/mol. The van der Waals surface area contributed by atoms with Gasteiger partial charge in [0.2, 0.25) is 0 Å². The fraction of sp³-hybridized carbons (Fsp3) is 0.447. The van der Waals surface area contributed by atoms with Crippen LogP contribution < -0.4 is 9.64 Å². The molecule has 59 heavy (non-hydrogen) atoms. The van der Waals surface area contributed by atoms with E-state index >= 15 is 0 Å². The van der Waals surface area contributed by atoms with Gasteiger partial charge < -0.3 is 29.5 Å². The van der Waals surface area contributed by atoms with Crippen molar-refractivity contribution < 1.29 is 33.7 Å². The Bertz CT molecular complexity index is 2250. The van der Waals surface area contributed by atoms with Crippen LogP contribution in [0.15, 0.2) is 72.8 Å². The molecule has 0 saturated carbocycles. The van der Waals surface area contributed by atoms with Gasteiger partial charge in [0.1, 0.15) is 17.4 Å². The van der Waals surface area contributed by atoms with Gasteiger partial charge in [-0.05, 0) is 128 Å². The highest BCUT2D eigenvalue weighted by Gasteiger charge is 2.34. The average molecular weight is 808 g/mol. The van der Waals surface area contributed by atoms with Gasteiger partial charge in [-0.1, -0.05) is 30.3 Å². The molecular formula is C47H58FN5O6. The quantitative estimate of drug-likeness (QED) is 0.173. The van der Waals surface area contributed by atoms with E-state index in [4.69, 9.17) is 24.7 Å². The Morgan fingerprint density at radius 3 is 2.39 bits per heavy atom. The van der Waals surface area contributed by atoms with Crippen molar-refractivity contribution in [3.63, 3.8) is 0 Å². The minimum absolute atomic E-state index is 0.0672. The number of fused-ring (bicyclic) bond motifs is 8. The minimum Gasteiger partial charge on any atom is -0.490 e. The number of amides is 1. The number of benzene rings is 3. The first-order valence-corrected chi connectivity index (χ1v) is 20.6. The summed E-state index contributed by atoms with van der Waals surface area (Å²) in [5.74, 6) is 0.117. The lowest BCUT2D eigenvalue weighted by atomic mass is 9.92. The van der Waals surface area contributed by atoms with E-state index in [1.807, 2.05) is 55.5 Å². The number of hydrogen-bond acceptors (Lipinski definition) is 8. The monoisotopic (exact) mass is 807 g/mol. The number of aliphatic hydroxyl groups is 1. The number of likely N-dealkylation sites (N-methyl/N-ethyl adjacent to an activating group) is 1. The Kier molecular flexibility index (Phi) is 13.4. The fourth-order valence-electron chi connectivity index (χ4n) is 7.53. The van der Waals surface area contributed by atoms with Gasteiger partial charge in [0, 0.05) is 67.3 Å². The largest absolute Gasteiger partial charge is 0.490 e. The Hall–Kier alpha value is -5.33. The first kappa shape index (κ1) is 43.3. The summed E-state index contributed by atoms with van der Waals surface area (Å²) in [6, 6.07) is 21.9. The molecule has 3 aromatic carbocycles. The molecule has 3 aliphatic rings. The van der Waals surface area contributed by atoms with Gasteiger partial charge in [0.15, 0.2) is 5.65 Å². The molecule has 1 unspecified atom stereocenters. The fourth-order valence-corrected chi connectivity index (χ4v) is 7.53. The first-order chi connectivity index (χ1) is 28.0. The number of anilines is 1. The van der Waals surface area contributed by atoms with Crippen LogP contribution >= 0.6 is 0 Å². The highest BCUT2D eigenvalue weighted by Crippen LogP contribution is 2.37. The molecule has 12 heteroatoms. The summed E-state index contributed by atoms with van der Waals surface area (Å²) in [6.07, 6.45) is 4.69. The number of carbonyl (C=O) groups is 2. The number of carboxylic acid groups (broad SMARTS) is 1. The summed E-state index contributed by atoms with van der Waals surface area (Å²) in [4.78, 5) is 34.6. The number of rotatable bonds is 6. The van der Waals surface area contributed by atoms with E-state index in [1.54, 1.807) is 49.4 Å². The van der Waals surface area contributed by atoms with E-state index in [9.17, 15) is 19.1 Å². The Labute approximate surface area is 346 Å². The number of carboxylic acids is 1. The number of ether oxygens (including phenoxy) is 2. The average Bonchev–Trinajstić information content (AvgIpc) is 3.60. The van der Waals surface area contributed by atoms with Crippen molar-refractivity contribution in [2.75, 3.05) is 38.2 Å². The standard InChI is InChI=1S/C43H48FN5O5.C4H10O/c1-28-8-5-6-23-53-43(3)18-21-48(22-19-43)41-35(26-40(50)51)29(2)45-39-27-37(46-49(39)41)32-10-7-9-31(24-32)36-25-33(13-16-38(36)54-28)42(52)47(4)20-17-30-11-14-34(44)15-12-30;1-4(2,3)5/h7,9-16,24-25,27-28H,5-6,8,17-23,26H2,1-4H3,(H,50,51);5H,1-3H3. The van der Waals surface area contributed by atoms with Gasteiger partial charge in [-0.25, -0.2) is 9.37 Å². The van der Waals surface area contributed by atoms with Crippen LogP contribution in [-0.4, -0.2) is 92.2 Å². The van der Waals surface area contributed by atoms with Crippen LogP contribution in [0.5, 0.6) is 5.75 Å². The molecule has 314 valence electrons. The van der Waals surface area contributed by atoms with Crippen molar-refractivity contribution >= 4 is 23.3 Å². The second-order valence-corrected chi connectivity index (χ2v) is 17.1. The molecule has 1 amide bonds. The third-order valence-corrected chi connectivity index (χ3v) is 10.8. The zero-order chi connectivity index (χ0) is 42.5. The second kappa shape index (κ2) is 18.3. The van der Waals surface area contributed by atoms with Crippen molar-refractivity contribution in [2.24, 2.45) is 0 Å². The topological polar surface area (TPSA) is 130 Å². The van der Waals surface area contributed by atoms with E-state index in [0.717, 1.165) is 60.2 Å². The maximum absolute atomic E-state index is 13.8. The lowest BCUT2D eigenvalue weighted by Crippen LogP contribution is -2.45. The third-order valence-electron chi connectivity index (χ3n) is 10.8. The van der Waals surface area contributed by atoms with E-state index in [-0.39, 0.29) is 29.9 Å². The molecule has 1 fully saturated rings. The molecule has 0 aliphatic carbocycles. The summed E-state index contributed by atoms with van der Waals surface area (Å²) >= 11 is 0. The predicted octanol–water partition coefficient (Wildman–Crippen LogP) is 8.56. The lowest BCUT2D eigenvalue weighted by Gasteiger charge is -2.41. The Morgan fingerprint density at radius 2 is 1.69 bits per heavy atom. The zero-order valence-electron chi connectivity index (χ0n) is 35.4. The molecule has 0 spiro atoms. The van der Waals surface area contributed by atoms with E-state index in [0.29, 0.717) is 66.6 Å². The molecule has 6 bridgehead atoms. The number of nitrogens with zero attached hydrogens (tertiary/aromatic N) is 5. The van der Waals surface area contributed by atoms with Crippen LogP contribution in [0.2, 0.25) is 0 Å². The normalized spacial score (nSPS) is 18.4. The molecule has 0 radical (unpaired) electrons. The van der Waals surface area contributed by atoms with Crippen LogP contribution in [0.3, 0.4) is 0 Å². The summed E-state index contributed by atoms with van der Waals surface area (Å²) in [5, 5.41) is 23.5. The second-order valence-electron chi connectivity index (χ2n) is 17.1. The van der Waals surface area contributed by atoms with Gasteiger partial charge in [-0.2, -0.15) is 9.61 Å². The number of hydrogen-bond donors (Lipinski definition) is 2. The van der Waals surface area contributed by atoms with Gasteiger partial charge in [0.05, 0.1) is 29.4 Å². The predicted molar refractivity (Wildman–Crippen MR) is 229 cm³/mol. The summed E-state index contributed by atoms with van der Waals surface area (Å²) < 4.78 is 28.3. The Morgan fingerprint density at radius 1 is 1.00 bits per heavy atom. The molecule has 5 aromatic rings. The van der Waals surface area contributed by atoms with E-state index < -0.39 is 11.6 Å². The lowest BCUT2D eigenvalue weighted by molar-refractivity contribution is -0.136. The minimum atomic E-state index is -0.917. The molecule has 3 aliphatic heterocycles. The number of aryl methyl sites for hydroxylation is 1. The summed E-state index contributed by atoms with van der Waals surface area (Å²) in [7, 11) is 1.78. The molecule has 2 N–H and O–H groups in total. The molecule has 2 aromatic heterocycles. The van der Waals surface area contributed by atoms with Crippen molar-refractivity contribution in [1.29, 1.82) is 0 Å². The number of halogens is 1.